The van der Waals surface area contributed by atoms with Crippen LogP contribution in [0.3, 0.4) is 0 Å². The Morgan fingerprint density at radius 1 is 0.920 bits per heavy atom. The van der Waals surface area contributed by atoms with Crippen molar-refractivity contribution in [1.29, 1.82) is 0 Å². The highest BCUT2D eigenvalue weighted by molar-refractivity contribution is 5.66. The third-order valence-corrected chi connectivity index (χ3v) is 5.02. The van der Waals surface area contributed by atoms with Crippen LogP contribution in [0.1, 0.15) is 75.0 Å². The molecule has 134 valence electrons. The third kappa shape index (κ3) is 4.02. The van der Waals surface area contributed by atoms with Crippen molar-refractivity contribution in [2.75, 3.05) is 0 Å². The van der Waals surface area contributed by atoms with E-state index in [-0.39, 0.29) is 0 Å². The molecule has 0 saturated heterocycles. The van der Waals surface area contributed by atoms with E-state index in [0.717, 1.165) is 22.3 Å². The summed E-state index contributed by atoms with van der Waals surface area (Å²) in [7, 11) is 0. The van der Waals surface area contributed by atoms with Gasteiger partial charge in [-0.2, -0.15) is 0 Å². The Labute approximate surface area is 151 Å². The van der Waals surface area contributed by atoms with Crippen molar-refractivity contribution < 1.29 is 10.2 Å². The van der Waals surface area contributed by atoms with E-state index in [1.165, 1.54) is 5.56 Å². The maximum absolute atomic E-state index is 11.1. The van der Waals surface area contributed by atoms with Crippen molar-refractivity contribution in [3.63, 3.8) is 0 Å². The lowest BCUT2D eigenvalue weighted by atomic mass is 9.73. The molecular weight excluding hydrogens is 308 g/mol. The summed E-state index contributed by atoms with van der Waals surface area (Å²) < 4.78 is 0. The zero-order valence-electron chi connectivity index (χ0n) is 16.0. The minimum atomic E-state index is -0.810. The smallest absolute Gasteiger partial charge is 0.0874 e. The molecule has 0 amide bonds. The van der Waals surface area contributed by atoms with Crippen LogP contribution in [0.2, 0.25) is 0 Å². The SMILES string of the molecule is C=C(C)c1cc(C(C)C)ccc1[C@H](O)C(C)(C)[C@H](O)c1ccccc1. The van der Waals surface area contributed by atoms with Gasteiger partial charge in [0, 0.05) is 5.41 Å². The first-order valence-electron chi connectivity index (χ1n) is 8.87. The number of hydrogen-bond donors (Lipinski definition) is 2. The van der Waals surface area contributed by atoms with E-state index in [4.69, 9.17) is 0 Å². The lowest BCUT2D eigenvalue weighted by Gasteiger charge is -2.37. The van der Waals surface area contributed by atoms with Crippen molar-refractivity contribution >= 4 is 5.57 Å². The first-order chi connectivity index (χ1) is 11.7. The summed E-state index contributed by atoms with van der Waals surface area (Å²) in [4.78, 5) is 0. The zero-order valence-corrected chi connectivity index (χ0v) is 16.0. The van der Waals surface area contributed by atoms with Gasteiger partial charge in [0.2, 0.25) is 0 Å². The van der Waals surface area contributed by atoms with Crippen LogP contribution in [0.15, 0.2) is 55.1 Å². The van der Waals surface area contributed by atoms with E-state index in [1.807, 2.05) is 57.2 Å². The second-order valence-electron chi connectivity index (χ2n) is 7.82. The number of benzene rings is 2. The Kier molecular flexibility index (Phi) is 5.87. The first-order valence-corrected chi connectivity index (χ1v) is 8.87. The van der Waals surface area contributed by atoms with Crippen molar-refractivity contribution in [3.8, 4) is 0 Å². The van der Waals surface area contributed by atoms with Crippen LogP contribution in [0.4, 0.5) is 0 Å². The van der Waals surface area contributed by atoms with Crippen LogP contribution >= 0.6 is 0 Å². The minimum Gasteiger partial charge on any atom is -0.388 e. The van der Waals surface area contributed by atoms with Gasteiger partial charge < -0.3 is 10.2 Å². The molecule has 0 heterocycles. The van der Waals surface area contributed by atoms with Gasteiger partial charge in [0.05, 0.1) is 12.2 Å². The molecule has 0 radical (unpaired) electrons. The highest BCUT2D eigenvalue weighted by atomic mass is 16.3. The average molecular weight is 338 g/mol. The molecule has 0 spiro atoms. The molecule has 0 aromatic heterocycles. The Hall–Kier alpha value is -1.90. The van der Waals surface area contributed by atoms with Gasteiger partial charge in [0.1, 0.15) is 0 Å². The summed E-state index contributed by atoms with van der Waals surface area (Å²) in [5.41, 5.74) is 3.98. The average Bonchev–Trinajstić information content (AvgIpc) is 2.60. The van der Waals surface area contributed by atoms with E-state index in [0.29, 0.717) is 5.92 Å². The second-order valence-corrected chi connectivity index (χ2v) is 7.82. The van der Waals surface area contributed by atoms with Crippen LogP contribution in [0.25, 0.3) is 5.57 Å². The number of allylic oxidation sites excluding steroid dienone is 1. The van der Waals surface area contributed by atoms with Gasteiger partial charge in [-0.1, -0.05) is 88.4 Å². The molecule has 0 unspecified atom stereocenters. The summed E-state index contributed by atoms with van der Waals surface area (Å²) >= 11 is 0. The molecule has 0 bridgehead atoms. The second kappa shape index (κ2) is 7.55. The van der Waals surface area contributed by atoms with Gasteiger partial charge in [-0.05, 0) is 35.1 Å². The molecule has 2 atom stereocenters. The van der Waals surface area contributed by atoms with Crippen molar-refractivity contribution in [3.05, 3.63) is 77.4 Å². The van der Waals surface area contributed by atoms with Gasteiger partial charge in [-0.3, -0.25) is 0 Å². The Balaban J connectivity index is 2.44. The number of rotatable bonds is 6. The number of aliphatic hydroxyl groups is 2. The summed E-state index contributed by atoms with van der Waals surface area (Å²) in [5.74, 6) is 0.409. The molecule has 2 aromatic rings. The molecule has 0 fully saturated rings. The molecule has 2 heteroatoms. The van der Waals surface area contributed by atoms with Gasteiger partial charge in [0.25, 0.3) is 0 Å². The molecular formula is C23H30O2. The minimum absolute atomic E-state index is 0.409. The zero-order chi connectivity index (χ0) is 18.8. The summed E-state index contributed by atoms with van der Waals surface area (Å²) in [6, 6.07) is 15.6. The lowest BCUT2D eigenvalue weighted by molar-refractivity contribution is -0.0514. The molecule has 2 N–H and O–H groups in total. The molecule has 2 rings (SSSR count). The lowest BCUT2D eigenvalue weighted by Crippen LogP contribution is -2.30. The molecule has 25 heavy (non-hydrogen) atoms. The Morgan fingerprint density at radius 3 is 2.04 bits per heavy atom. The fourth-order valence-corrected chi connectivity index (χ4v) is 3.16. The van der Waals surface area contributed by atoms with Crippen LogP contribution in [0, 0.1) is 5.41 Å². The van der Waals surface area contributed by atoms with E-state index in [9.17, 15) is 10.2 Å². The fraction of sp³-hybridized carbons (Fsp3) is 0.391. The predicted molar refractivity (Wildman–Crippen MR) is 105 cm³/mol. The highest BCUT2D eigenvalue weighted by Gasteiger charge is 2.38. The molecule has 0 aliphatic heterocycles. The van der Waals surface area contributed by atoms with Crippen LogP contribution in [0.5, 0.6) is 0 Å². The molecule has 0 saturated carbocycles. The maximum atomic E-state index is 11.1. The van der Waals surface area contributed by atoms with E-state index in [2.05, 4.69) is 32.6 Å². The molecule has 2 aromatic carbocycles. The summed E-state index contributed by atoms with van der Waals surface area (Å²) in [5, 5.41) is 22.0. The van der Waals surface area contributed by atoms with Gasteiger partial charge >= 0.3 is 0 Å². The summed E-state index contributed by atoms with van der Waals surface area (Å²) in [6.45, 7) is 14.1. The quantitative estimate of drug-likeness (QED) is 0.716. The number of hydrogen-bond acceptors (Lipinski definition) is 2. The highest BCUT2D eigenvalue weighted by Crippen LogP contribution is 2.45. The Morgan fingerprint density at radius 2 is 1.52 bits per heavy atom. The van der Waals surface area contributed by atoms with E-state index < -0.39 is 17.6 Å². The molecule has 0 aliphatic carbocycles. The number of aliphatic hydroxyl groups excluding tert-OH is 2. The normalized spacial score (nSPS) is 14.4. The van der Waals surface area contributed by atoms with Crippen LogP contribution < -0.4 is 0 Å². The summed E-state index contributed by atoms with van der Waals surface area (Å²) in [6.07, 6.45) is -1.58. The molecule has 0 aliphatic rings. The topological polar surface area (TPSA) is 40.5 Å². The van der Waals surface area contributed by atoms with Crippen molar-refractivity contribution in [2.24, 2.45) is 5.41 Å². The maximum Gasteiger partial charge on any atom is 0.0874 e. The predicted octanol–water partition coefficient (Wildman–Crippen LogP) is 5.64. The van der Waals surface area contributed by atoms with Crippen molar-refractivity contribution in [1.82, 2.24) is 0 Å². The van der Waals surface area contributed by atoms with Gasteiger partial charge in [-0.15, -0.1) is 0 Å². The van der Waals surface area contributed by atoms with E-state index in [1.54, 1.807) is 0 Å². The Bertz CT molecular complexity index is 729. The van der Waals surface area contributed by atoms with Crippen molar-refractivity contribution in [2.45, 2.75) is 52.7 Å². The van der Waals surface area contributed by atoms with Crippen LogP contribution in [-0.4, -0.2) is 10.2 Å². The monoisotopic (exact) mass is 338 g/mol. The van der Waals surface area contributed by atoms with Gasteiger partial charge in [-0.25, -0.2) is 0 Å². The first kappa shape index (κ1) is 19.4. The van der Waals surface area contributed by atoms with Gasteiger partial charge in [0.15, 0.2) is 0 Å². The van der Waals surface area contributed by atoms with Crippen LogP contribution in [-0.2, 0) is 0 Å². The fourth-order valence-electron chi connectivity index (χ4n) is 3.16. The third-order valence-electron chi connectivity index (χ3n) is 5.02. The molecule has 2 nitrogen and oxygen atoms in total. The standard InChI is InChI=1S/C23H30O2/c1-15(2)18-12-13-19(20(14-18)16(3)4)22(25)23(5,6)21(24)17-10-8-7-9-11-17/h7-15,21-22,24-25H,3H2,1-2,4-6H3/t21-,22+/m1/s1. The van der Waals surface area contributed by atoms with E-state index >= 15 is 0 Å². The largest absolute Gasteiger partial charge is 0.388 e.